The number of carbonyl (C=O) groups excluding carboxylic acids is 1. The minimum absolute atomic E-state index is 0.248. The largest absolute Gasteiger partial charge is 0.433 e. The molecule has 0 saturated carbocycles. The standard InChI is InChI=1S/C29H27F3N4O/c30-29(31,32)27-12-11-22(18-34-27)26(36-16-13-21(14-17-36)20-6-2-1-3-7-20)19-35-28(37)24-8-4-10-25-23(24)9-5-15-33-25/h1-12,15,18,21,26H,13-14,16-17,19H2,(H,35,37). The van der Waals surface area contributed by atoms with Gasteiger partial charge in [0.15, 0.2) is 0 Å². The molecule has 37 heavy (non-hydrogen) atoms. The first kappa shape index (κ1) is 24.9. The van der Waals surface area contributed by atoms with Crippen LogP contribution < -0.4 is 5.32 Å². The Hall–Kier alpha value is -3.78. The maximum atomic E-state index is 13.2. The van der Waals surface area contributed by atoms with Crippen LogP contribution in [0.1, 0.15) is 52.0 Å². The fraction of sp³-hybridized carbons (Fsp3) is 0.276. The van der Waals surface area contributed by atoms with E-state index in [-0.39, 0.29) is 18.5 Å². The van der Waals surface area contributed by atoms with Crippen LogP contribution in [-0.2, 0) is 6.18 Å². The molecule has 190 valence electrons. The number of pyridine rings is 2. The number of likely N-dealkylation sites (tertiary alicyclic amines) is 1. The maximum Gasteiger partial charge on any atom is 0.433 e. The second kappa shape index (κ2) is 10.7. The van der Waals surface area contributed by atoms with Gasteiger partial charge in [-0.1, -0.05) is 48.5 Å². The van der Waals surface area contributed by atoms with Crippen LogP contribution in [0.25, 0.3) is 10.9 Å². The van der Waals surface area contributed by atoms with Gasteiger partial charge in [-0.3, -0.25) is 19.7 Å². The normalized spacial score (nSPS) is 16.0. The summed E-state index contributed by atoms with van der Waals surface area (Å²) in [6.45, 7) is 1.77. The van der Waals surface area contributed by atoms with Gasteiger partial charge in [-0.25, -0.2) is 0 Å². The van der Waals surface area contributed by atoms with E-state index in [2.05, 4.69) is 32.3 Å². The van der Waals surface area contributed by atoms with Crippen LogP contribution >= 0.6 is 0 Å². The Labute approximate surface area is 213 Å². The Bertz CT molecular complexity index is 1350. The van der Waals surface area contributed by atoms with Gasteiger partial charge in [0.1, 0.15) is 5.69 Å². The van der Waals surface area contributed by atoms with Crippen LogP contribution in [0, 0.1) is 0 Å². The highest BCUT2D eigenvalue weighted by molar-refractivity contribution is 6.06. The van der Waals surface area contributed by atoms with Crippen molar-refractivity contribution in [3.63, 3.8) is 0 Å². The van der Waals surface area contributed by atoms with E-state index in [0.29, 0.717) is 17.0 Å². The first-order chi connectivity index (χ1) is 17.9. The summed E-state index contributed by atoms with van der Waals surface area (Å²) in [7, 11) is 0. The second-order valence-electron chi connectivity index (χ2n) is 9.30. The molecule has 8 heteroatoms. The molecule has 1 amide bonds. The third-order valence-electron chi connectivity index (χ3n) is 7.05. The molecule has 0 spiro atoms. The molecule has 0 bridgehead atoms. The SMILES string of the molecule is O=C(NCC(c1ccc(C(F)(F)F)nc1)N1CCC(c2ccccc2)CC1)c1cccc2ncccc12. The van der Waals surface area contributed by atoms with Gasteiger partial charge >= 0.3 is 6.18 Å². The lowest BCUT2D eigenvalue weighted by Gasteiger charge is -2.38. The molecule has 1 atom stereocenters. The number of benzene rings is 2. The molecule has 1 fully saturated rings. The van der Waals surface area contributed by atoms with E-state index in [4.69, 9.17) is 0 Å². The Kier molecular flexibility index (Phi) is 7.19. The molecule has 1 saturated heterocycles. The number of amides is 1. The summed E-state index contributed by atoms with van der Waals surface area (Å²) in [6.07, 6.45) is 0.315. The number of nitrogens with zero attached hydrogens (tertiary/aromatic N) is 3. The van der Waals surface area contributed by atoms with E-state index in [1.807, 2.05) is 30.3 Å². The van der Waals surface area contributed by atoms with Crippen LogP contribution in [0.4, 0.5) is 13.2 Å². The third kappa shape index (κ3) is 5.64. The number of nitrogens with one attached hydrogen (secondary N) is 1. The summed E-state index contributed by atoms with van der Waals surface area (Å²) in [5.74, 6) is 0.184. The number of hydrogen-bond donors (Lipinski definition) is 1. The van der Waals surface area contributed by atoms with Crippen LogP contribution in [0.3, 0.4) is 0 Å². The molecule has 1 aliphatic rings. The quantitative estimate of drug-likeness (QED) is 0.350. The Morgan fingerprint density at radius 2 is 1.73 bits per heavy atom. The second-order valence-corrected chi connectivity index (χ2v) is 9.30. The monoisotopic (exact) mass is 504 g/mol. The van der Waals surface area contributed by atoms with Crippen molar-refractivity contribution in [2.24, 2.45) is 0 Å². The fourth-order valence-corrected chi connectivity index (χ4v) is 5.08. The highest BCUT2D eigenvalue weighted by Crippen LogP contribution is 2.33. The lowest BCUT2D eigenvalue weighted by Crippen LogP contribution is -2.42. The average Bonchev–Trinajstić information content (AvgIpc) is 2.93. The van der Waals surface area contributed by atoms with E-state index in [9.17, 15) is 18.0 Å². The predicted octanol–water partition coefficient (Wildman–Crippen LogP) is 6.00. The summed E-state index contributed by atoms with van der Waals surface area (Å²) < 4.78 is 39.3. The van der Waals surface area contributed by atoms with Crippen molar-refractivity contribution >= 4 is 16.8 Å². The summed E-state index contributed by atoms with van der Waals surface area (Å²) >= 11 is 0. The number of halogens is 3. The van der Waals surface area contributed by atoms with Crippen molar-refractivity contribution in [2.75, 3.05) is 19.6 Å². The van der Waals surface area contributed by atoms with E-state index in [1.165, 1.54) is 17.8 Å². The Balaban J connectivity index is 1.35. The maximum absolute atomic E-state index is 13.2. The van der Waals surface area contributed by atoms with Crippen LogP contribution in [0.15, 0.2) is 85.2 Å². The third-order valence-corrected chi connectivity index (χ3v) is 7.05. The van der Waals surface area contributed by atoms with Crippen molar-refractivity contribution in [3.8, 4) is 0 Å². The van der Waals surface area contributed by atoms with Gasteiger partial charge in [-0.15, -0.1) is 0 Å². The van der Waals surface area contributed by atoms with Crippen molar-refractivity contribution in [2.45, 2.75) is 31.0 Å². The average molecular weight is 505 g/mol. The summed E-state index contributed by atoms with van der Waals surface area (Å²) in [5.41, 5.74) is 2.25. The highest BCUT2D eigenvalue weighted by Gasteiger charge is 2.33. The van der Waals surface area contributed by atoms with Gasteiger partial charge in [0.2, 0.25) is 0 Å². The molecule has 5 rings (SSSR count). The molecule has 0 aliphatic carbocycles. The smallest absolute Gasteiger partial charge is 0.350 e. The zero-order valence-electron chi connectivity index (χ0n) is 20.2. The molecule has 1 aliphatic heterocycles. The molecule has 1 N–H and O–H groups in total. The van der Waals surface area contributed by atoms with E-state index in [1.54, 1.807) is 24.4 Å². The summed E-state index contributed by atoms with van der Waals surface area (Å²) in [6, 6.07) is 21.5. The zero-order valence-corrected chi connectivity index (χ0v) is 20.2. The predicted molar refractivity (Wildman–Crippen MR) is 136 cm³/mol. The van der Waals surface area contributed by atoms with Gasteiger partial charge in [0.05, 0.1) is 11.6 Å². The first-order valence-corrected chi connectivity index (χ1v) is 12.3. The van der Waals surface area contributed by atoms with Gasteiger partial charge < -0.3 is 5.32 Å². The molecular formula is C29H27F3N4O. The lowest BCUT2D eigenvalue weighted by molar-refractivity contribution is -0.141. The molecule has 5 nitrogen and oxygen atoms in total. The minimum Gasteiger partial charge on any atom is -0.350 e. The molecule has 2 aromatic carbocycles. The number of hydrogen-bond acceptors (Lipinski definition) is 4. The van der Waals surface area contributed by atoms with E-state index < -0.39 is 11.9 Å². The lowest BCUT2D eigenvalue weighted by atomic mass is 9.88. The van der Waals surface area contributed by atoms with E-state index >= 15 is 0 Å². The van der Waals surface area contributed by atoms with Gasteiger partial charge in [-0.2, -0.15) is 13.2 Å². The summed E-state index contributed by atoms with van der Waals surface area (Å²) in [5, 5.41) is 3.77. The Morgan fingerprint density at radius 3 is 2.43 bits per heavy atom. The van der Waals surface area contributed by atoms with Gasteiger partial charge in [0, 0.05) is 29.9 Å². The van der Waals surface area contributed by atoms with Crippen molar-refractivity contribution in [1.29, 1.82) is 0 Å². The fourth-order valence-electron chi connectivity index (χ4n) is 5.08. The molecule has 3 heterocycles. The molecule has 0 radical (unpaired) electrons. The van der Waals surface area contributed by atoms with Crippen LogP contribution in [-0.4, -0.2) is 40.4 Å². The minimum atomic E-state index is -4.50. The number of fused-ring (bicyclic) bond motifs is 1. The number of aromatic nitrogens is 2. The van der Waals surface area contributed by atoms with Crippen molar-refractivity contribution in [1.82, 2.24) is 20.2 Å². The highest BCUT2D eigenvalue weighted by atomic mass is 19.4. The van der Waals surface area contributed by atoms with Gasteiger partial charge in [-0.05, 0) is 67.2 Å². The van der Waals surface area contributed by atoms with Crippen LogP contribution in [0.2, 0.25) is 0 Å². The van der Waals surface area contributed by atoms with Gasteiger partial charge in [0.25, 0.3) is 5.91 Å². The number of carbonyl (C=O) groups is 1. The first-order valence-electron chi connectivity index (χ1n) is 12.3. The van der Waals surface area contributed by atoms with Crippen LogP contribution in [0.5, 0.6) is 0 Å². The number of rotatable bonds is 6. The number of piperidine rings is 1. The van der Waals surface area contributed by atoms with E-state index in [0.717, 1.165) is 42.9 Å². The van der Waals surface area contributed by atoms with Crippen molar-refractivity contribution in [3.05, 3.63) is 108 Å². The van der Waals surface area contributed by atoms with Crippen molar-refractivity contribution < 1.29 is 18.0 Å². The molecule has 4 aromatic rings. The molecular weight excluding hydrogens is 477 g/mol. The molecule has 2 aromatic heterocycles. The number of alkyl halides is 3. The summed E-state index contributed by atoms with van der Waals surface area (Å²) in [4.78, 5) is 23.4. The zero-order chi connectivity index (χ0) is 25.8. The Morgan fingerprint density at radius 1 is 0.946 bits per heavy atom. The molecule has 1 unspecified atom stereocenters. The topological polar surface area (TPSA) is 58.1 Å².